The summed E-state index contributed by atoms with van der Waals surface area (Å²) in [6.45, 7) is 3.91. The van der Waals surface area contributed by atoms with Gasteiger partial charge in [0.1, 0.15) is 5.69 Å². The Morgan fingerprint density at radius 3 is 2.41 bits per heavy atom. The maximum absolute atomic E-state index is 11.8. The molecular weight excluding hydrogens is 280 g/mol. The maximum Gasteiger partial charge on any atom is 0.355 e. The van der Waals surface area contributed by atoms with Gasteiger partial charge in [-0.1, -0.05) is 26.0 Å². The second-order valence-electron chi connectivity index (χ2n) is 5.41. The zero-order valence-corrected chi connectivity index (χ0v) is 13.0. The molecule has 0 aliphatic carbocycles. The first-order valence-electron chi connectivity index (χ1n) is 7.15. The van der Waals surface area contributed by atoms with E-state index in [1.807, 2.05) is 24.3 Å². The zero-order valence-electron chi connectivity index (χ0n) is 13.0. The number of hydrogen-bond donors (Lipinski definition) is 1. The SMILES string of the molecule is CC(C)c1ccc(NC(=O)COC(=O)c2cccn2C)cc1. The first-order valence-corrected chi connectivity index (χ1v) is 7.15. The summed E-state index contributed by atoms with van der Waals surface area (Å²) in [6.07, 6.45) is 1.74. The van der Waals surface area contributed by atoms with Gasteiger partial charge in [-0.2, -0.15) is 0 Å². The number of carbonyl (C=O) groups is 2. The molecule has 5 nitrogen and oxygen atoms in total. The molecule has 1 amide bonds. The second-order valence-corrected chi connectivity index (χ2v) is 5.41. The summed E-state index contributed by atoms with van der Waals surface area (Å²) in [5, 5.41) is 2.70. The maximum atomic E-state index is 11.8. The van der Waals surface area contributed by atoms with Gasteiger partial charge in [0, 0.05) is 18.9 Å². The van der Waals surface area contributed by atoms with Gasteiger partial charge in [0.15, 0.2) is 6.61 Å². The molecule has 0 saturated heterocycles. The fourth-order valence-electron chi connectivity index (χ4n) is 2.03. The highest BCUT2D eigenvalue weighted by molar-refractivity contribution is 5.94. The Kier molecular flexibility index (Phi) is 4.99. The highest BCUT2D eigenvalue weighted by Gasteiger charge is 2.12. The molecule has 0 aliphatic heterocycles. The molecule has 22 heavy (non-hydrogen) atoms. The summed E-state index contributed by atoms with van der Waals surface area (Å²) in [5.74, 6) is -0.436. The summed E-state index contributed by atoms with van der Waals surface area (Å²) >= 11 is 0. The van der Waals surface area contributed by atoms with Gasteiger partial charge in [-0.05, 0) is 35.7 Å². The quantitative estimate of drug-likeness (QED) is 0.864. The van der Waals surface area contributed by atoms with Crippen LogP contribution in [0.3, 0.4) is 0 Å². The van der Waals surface area contributed by atoms with Crippen LogP contribution in [0, 0.1) is 0 Å². The highest BCUT2D eigenvalue weighted by atomic mass is 16.5. The Labute approximate surface area is 129 Å². The van der Waals surface area contributed by atoms with Gasteiger partial charge in [0.2, 0.25) is 0 Å². The topological polar surface area (TPSA) is 60.3 Å². The molecule has 0 spiro atoms. The van der Waals surface area contributed by atoms with E-state index in [-0.39, 0.29) is 12.5 Å². The fourth-order valence-corrected chi connectivity index (χ4v) is 2.03. The molecule has 1 N–H and O–H groups in total. The number of nitrogens with zero attached hydrogens (tertiary/aromatic N) is 1. The van der Waals surface area contributed by atoms with E-state index in [9.17, 15) is 9.59 Å². The zero-order chi connectivity index (χ0) is 16.1. The van der Waals surface area contributed by atoms with Crippen LogP contribution in [-0.2, 0) is 16.6 Å². The summed E-state index contributed by atoms with van der Waals surface area (Å²) < 4.78 is 6.64. The first-order chi connectivity index (χ1) is 10.5. The van der Waals surface area contributed by atoms with Gasteiger partial charge in [0.05, 0.1) is 0 Å². The van der Waals surface area contributed by atoms with Crippen molar-refractivity contribution in [2.24, 2.45) is 7.05 Å². The lowest BCUT2D eigenvalue weighted by Crippen LogP contribution is -2.21. The van der Waals surface area contributed by atoms with E-state index < -0.39 is 5.97 Å². The molecule has 1 heterocycles. The Bertz CT molecular complexity index is 657. The van der Waals surface area contributed by atoms with Crippen molar-refractivity contribution in [2.45, 2.75) is 19.8 Å². The lowest BCUT2D eigenvalue weighted by molar-refractivity contribution is -0.119. The summed E-state index contributed by atoms with van der Waals surface area (Å²) in [6, 6.07) is 11.0. The van der Waals surface area contributed by atoms with Gasteiger partial charge in [-0.15, -0.1) is 0 Å². The van der Waals surface area contributed by atoms with Gasteiger partial charge in [-0.25, -0.2) is 4.79 Å². The number of ether oxygens (including phenoxy) is 1. The normalized spacial score (nSPS) is 10.5. The molecular formula is C17H20N2O3. The van der Waals surface area contributed by atoms with E-state index in [2.05, 4.69) is 19.2 Å². The van der Waals surface area contributed by atoms with Gasteiger partial charge in [-0.3, -0.25) is 4.79 Å². The third-order valence-corrected chi connectivity index (χ3v) is 3.35. The average Bonchev–Trinajstić information content (AvgIpc) is 2.91. The number of anilines is 1. The Hall–Kier alpha value is -2.56. The van der Waals surface area contributed by atoms with Crippen LogP contribution in [0.2, 0.25) is 0 Å². The van der Waals surface area contributed by atoms with Crippen molar-refractivity contribution in [3.05, 3.63) is 53.9 Å². The van der Waals surface area contributed by atoms with Crippen molar-refractivity contribution in [2.75, 3.05) is 11.9 Å². The van der Waals surface area contributed by atoms with Gasteiger partial charge < -0.3 is 14.6 Å². The minimum absolute atomic E-state index is 0.310. The van der Waals surface area contributed by atoms with E-state index in [4.69, 9.17) is 4.74 Å². The fraction of sp³-hybridized carbons (Fsp3) is 0.294. The molecule has 0 radical (unpaired) electrons. The van der Waals surface area contributed by atoms with Gasteiger partial charge in [0.25, 0.3) is 5.91 Å². The Morgan fingerprint density at radius 2 is 1.86 bits per heavy atom. The first kappa shape index (κ1) is 15.8. The van der Waals surface area contributed by atoms with Crippen LogP contribution in [0.1, 0.15) is 35.8 Å². The van der Waals surface area contributed by atoms with Crippen molar-refractivity contribution in [1.82, 2.24) is 4.57 Å². The smallest absolute Gasteiger partial charge is 0.355 e. The largest absolute Gasteiger partial charge is 0.451 e. The van der Waals surface area contributed by atoms with Crippen molar-refractivity contribution >= 4 is 17.6 Å². The number of benzene rings is 1. The molecule has 1 aromatic heterocycles. The number of nitrogens with one attached hydrogen (secondary N) is 1. The third kappa shape index (κ3) is 3.97. The summed E-state index contributed by atoms with van der Waals surface area (Å²) in [5.41, 5.74) is 2.30. The van der Waals surface area contributed by atoms with Crippen molar-refractivity contribution in [1.29, 1.82) is 0 Å². The predicted molar refractivity (Wildman–Crippen MR) is 84.9 cm³/mol. The molecule has 0 atom stereocenters. The van der Waals surface area contributed by atoms with Crippen LogP contribution >= 0.6 is 0 Å². The van der Waals surface area contributed by atoms with Crippen LogP contribution in [0.5, 0.6) is 0 Å². The standard InChI is InChI=1S/C17H20N2O3/c1-12(2)13-6-8-14(9-7-13)18-16(20)11-22-17(21)15-5-4-10-19(15)3/h4-10,12H,11H2,1-3H3,(H,18,20). The van der Waals surface area contributed by atoms with E-state index in [0.29, 0.717) is 17.3 Å². The van der Waals surface area contributed by atoms with Crippen molar-refractivity contribution in [3.8, 4) is 0 Å². The second kappa shape index (κ2) is 6.93. The molecule has 0 fully saturated rings. The molecule has 2 aromatic rings. The molecule has 0 aliphatic rings. The number of rotatable bonds is 5. The highest BCUT2D eigenvalue weighted by Crippen LogP contribution is 2.17. The van der Waals surface area contributed by atoms with Crippen LogP contribution < -0.4 is 5.32 Å². The molecule has 2 rings (SSSR count). The summed E-state index contributed by atoms with van der Waals surface area (Å²) in [4.78, 5) is 23.6. The number of aromatic nitrogens is 1. The molecule has 5 heteroatoms. The van der Waals surface area contributed by atoms with E-state index >= 15 is 0 Å². The van der Waals surface area contributed by atoms with Crippen LogP contribution in [0.4, 0.5) is 5.69 Å². The van der Waals surface area contributed by atoms with Gasteiger partial charge >= 0.3 is 5.97 Å². The minimum atomic E-state index is -0.516. The van der Waals surface area contributed by atoms with Crippen molar-refractivity contribution in [3.63, 3.8) is 0 Å². The number of hydrogen-bond acceptors (Lipinski definition) is 3. The monoisotopic (exact) mass is 300 g/mol. The number of amides is 1. The third-order valence-electron chi connectivity index (χ3n) is 3.35. The molecule has 0 saturated carbocycles. The Balaban J connectivity index is 1.85. The predicted octanol–water partition coefficient (Wildman–Crippen LogP) is 2.94. The van der Waals surface area contributed by atoms with Crippen LogP contribution in [-0.4, -0.2) is 23.1 Å². The Morgan fingerprint density at radius 1 is 1.18 bits per heavy atom. The number of aryl methyl sites for hydroxylation is 1. The van der Waals surface area contributed by atoms with Crippen LogP contribution in [0.15, 0.2) is 42.6 Å². The van der Waals surface area contributed by atoms with Crippen LogP contribution in [0.25, 0.3) is 0 Å². The molecule has 0 bridgehead atoms. The lowest BCUT2D eigenvalue weighted by Gasteiger charge is -2.09. The van der Waals surface area contributed by atoms with E-state index in [0.717, 1.165) is 0 Å². The number of carbonyl (C=O) groups excluding carboxylic acids is 2. The summed E-state index contributed by atoms with van der Waals surface area (Å²) in [7, 11) is 1.74. The average molecular weight is 300 g/mol. The number of esters is 1. The minimum Gasteiger partial charge on any atom is -0.451 e. The van der Waals surface area contributed by atoms with E-state index in [1.54, 1.807) is 29.9 Å². The molecule has 1 aromatic carbocycles. The van der Waals surface area contributed by atoms with E-state index in [1.165, 1.54) is 5.56 Å². The van der Waals surface area contributed by atoms with Crippen molar-refractivity contribution < 1.29 is 14.3 Å². The molecule has 0 unspecified atom stereocenters. The lowest BCUT2D eigenvalue weighted by atomic mass is 10.0. The molecule has 116 valence electrons.